The van der Waals surface area contributed by atoms with Crippen molar-refractivity contribution in [2.75, 3.05) is 0 Å². The number of carbonyl (C=O) groups is 1. The molecule has 1 aromatic rings. The molecule has 0 radical (unpaired) electrons. The number of thiophene rings is 1. The molecule has 1 N–H and O–H groups in total. The zero-order chi connectivity index (χ0) is 14.8. The molecule has 1 aromatic heterocycles. The Balaban J connectivity index is 2.77. The number of carbonyl (C=O) groups excluding carboxylic acids is 1. The Labute approximate surface area is 115 Å². The Morgan fingerprint density at radius 2 is 1.79 bits per heavy atom. The van der Waals surface area contributed by atoms with Gasteiger partial charge in [-0.25, -0.2) is 0 Å². The molecule has 0 aliphatic heterocycles. The van der Waals surface area contributed by atoms with Crippen molar-refractivity contribution in [3.05, 3.63) is 20.8 Å². The molecule has 0 aromatic carbocycles. The monoisotopic (exact) mass is 369 g/mol. The zero-order valence-corrected chi connectivity index (χ0v) is 11.3. The molecule has 0 unspecified atom stereocenters. The molecule has 1 heterocycles. The first-order valence-corrected chi connectivity index (χ1v) is 6.33. The number of halogens is 7. The van der Waals surface area contributed by atoms with E-state index >= 15 is 0 Å². The maximum atomic E-state index is 12.2. The quantitative estimate of drug-likeness (QED) is 0.805. The second-order valence-corrected chi connectivity index (χ2v) is 5.28. The van der Waals surface area contributed by atoms with E-state index in [1.807, 2.05) is 0 Å². The second-order valence-electron chi connectivity index (χ2n) is 3.43. The van der Waals surface area contributed by atoms with Crippen LogP contribution in [0, 0.1) is 5.92 Å². The average molecular weight is 370 g/mol. The smallest absolute Gasteiger partial charge is 0.350 e. The second kappa shape index (κ2) is 5.70. The normalized spacial score (nSPS) is 12.8. The van der Waals surface area contributed by atoms with Crippen LogP contribution in [0.3, 0.4) is 0 Å². The molecule has 108 valence electrons. The van der Waals surface area contributed by atoms with E-state index in [0.29, 0.717) is 9.35 Å². The van der Waals surface area contributed by atoms with E-state index in [2.05, 4.69) is 15.9 Å². The molecule has 0 saturated heterocycles. The lowest BCUT2D eigenvalue weighted by atomic mass is 10.1. The van der Waals surface area contributed by atoms with Crippen LogP contribution >= 0.6 is 27.3 Å². The lowest BCUT2D eigenvalue weighted by molar-refractivity contribution is -0.274. The molecule has 0 aliphatic carbocycles. The van der Waals surface area contributed by atoms with Gasteiger partial charge in [-0.1, -0.05) is 0 Å². The molecule has 0 fully saturated rings. The molecular weight excluding hydrogens is 364 g/mol. The third kappa shape index (κ3) is 4.37. The first-order chi connectivity index (χ1) is 8.53. The molecular formula is C9H6BrF6NOS. The highest BCUT2D eigenvalue weighted by molar-refractivity contribution is 9.10. The van der Waals surface area contributed by atoms with Crippen molar-refractivity contribution in [3.63, 3.8) is 0 Å². The van der Waals surface area contributed by atoms with E-state index in [4.69, 9.17) is 0 Å². The summed E-state index contributed by atoms with van der Waals surface area (Å²) in [6, 6.07) is 1.57. The predicted molar refractivity (Wildman–Crippen MR) is 59.5 cm³/mol. The third-order valence-electron chi connectivity index (χ3n) is 2.03. The first kappa shape index (κ1) is 16.3. The molecule has 0 saturated carbocycles. The van der Waals surface area contributed by atoms with Gasteiger partial charge in [0.25, 0.3) is 0 Å². The Morgan fingerprint density at radius 3 is 2.16 bits per heavy atom. The van der Waals surface area contributed by atoms with E-state index in [-0.39, 0.29) is 0 Å². The van der Waals surface area contributed by atoms with Gasteiger partial charge in [0.15, 0.2) is 0 Å². The van der Waals surface area contributed by atoms with Gasteiger partial charge < -0.3 is 5.32 Å². The van der Waals surface area contributed by atoms with Crippen molar-refractivity contribution >= 4 is 33.2 Å². The van der Waals surface area contributed by atoms with E-state index in [1.54, 1.807) is 16.8 Å². The summed E-state index contributed by atoms with van der Waals surface area (Å²) in [4.78, 5) is 11.5. The van der Waals surface area contributed by atoms with Gasteiger partial charge in [-0.3, -0.25) is 4.79 Å². The molecule has 10 heteroatoms. The molecule has 2 nitrogen and oxygen atoms in total. The summed E-state index contributed by atoms with van der Waals surface area (Å²) in [6.45, 7) is -0.403. The Morgan fingerprint density at radius 1 is 1.26 bits per heavy atom. The van der Waals surface area contributed by atoms with Crippen molar-refractivity contribution in [1.82, 2.24) is 5.32 Å². The predicted octanol–water partition coefficient (Wildman–Crippen LogP) is 3.87. The summed E-state index contributed by atoms with van der Waals surface area (Å²) in [5.41, 5.74) is 0. The number of rotatable bonds is 3. The van der Waals surface area contributed by atoms with Crippen LogP contribution < -0.4 is 5.32 Å². The maximum absolute atomic E-state index is 12.2. The minimum atomic E-state index is -5.67. The number of alkyl halides is 6. The lowest BCUT2D eigenvalue weighted by Crippen LogP contribution is -2.47. The van der Waals surface area contributed by atoms with Gasteiger partial charge in [-0.15, -0.1) is 11.3 Å². The van der Waals surface area contributed by atoms with Gasteiger partial charge in [0, 0.05) is 9.35 Å². The van der Waals surface area contributed by atoms with E-state index < -0.39 is 30.7 Å². The minimum Gasteiger partial charge on any atom is -0.350 e. The average Bonchev–Trinajstić information content (AvgIpc) is 2.56. The lowest BCUT2D eigenvalue weighted by Gasteiger charge is -2.21. The summed E-state index contributed by atoms with van der Waals surface area (Å²) in [6.07, 6.45) is -11.3. The minimum absolute atomic E-state index is 0.403. The SMILES string of the molecule is O=C(NCc1sccc1Br)C(C(F)(F)F)C(F)(F)F. The van der Waals surface area contributed by atoms with Gasteiger partial charge >= 0.3 is 12.4 Å². The van der Waals surface area contributed by atoms with E-state index in [0.717, 1.165) is 11.3 Å². The molecule has 1 amide bonds. The van der Waals surface area contributed by atoms with E-state index in [9.17, 15) is 31.1 Å². The van der Waals surface area contributed by atoms with Crippen LogP contribution in [-0.2, 0) is 11.3 Å². The fraction of sp³-hybridized carbons (Fsp3) is 0.444. The van der Waals surface area contributed by atoms with Crippen LogP contribution in [0.15, 0.2) is 15.9 Å². The van der Waals surface area contributed by atoms with Crippen molar-refractivity contribution in [1.29, 1.82) is 0 Å². The summed E-state index contributed by atoms with van der Waals surface area (Å²) in [7, 11) is 0. The largest absolute Gasteiger partial charge is 0.409 e. The topological polar surface area (TPSA) is 29.1 Å². The van der Waals surface area contributed by atoms with Crippen LogP contribution in [0.25, 0.3) is 0 Å². The summed E-state index contributed by atoms with van der Waals surface area (Å²) >= 11 is 4.14. The highest BCUT2D eigenvalue weighted by Crippen LogP contribution is 2.39. The number of hydrogen-bond donors (Lipinski definition) is 1. The first-order valence-electron chi connectivity index (χ1n) is 4.66. The molecule has 1 rings (SSSR count). The van der Waals surface area contributed by atoms with Gasteiger partial charge in [0.05, 0.1) is 6.54 Å². The van der Waals surface area contributed by atoms with Crippen LogP contribution in [0.1, 0.15) is 4.88 Å². The van der Waals surface area contributed by atoms with Crippen LogP contribution in [0.2, 0.25) is 0 Å². The fourth-order valence-corrected chi connectivity index (χ4v) is 2.64. The fourth-order valence-electron chi connectivity index (χ4n) is 1.20. The molecule has 0 bridgehead atoms. The summed E-state index contributed by atoms with van der Waals surface area (Å²) in [5.74, 6) is -6.13. The summed E-state index contributed by atoms with van der Waals surface area (Å²) in [5, 5.41) is 3.22. The molecule has 0 aliphatic rings. The standard InChI is InChI=1S/C9H6BrF6NOS/c10-4-1-2-19-5(4)3-17-7(18)6(8(11,12)13)9(14,15)16/h1-2,6H,3H2,(H,17,18). The highest BCUT2D eigenvalue weighted by atomic mass is 79.9. The van der Waals surface area contributed by atoms with Crippen LogP contribution in [0.4, 0.5) is 26.3 Å². The van der Waals surface area contributed by atoms with Gasteiger partial charge in [0.1, 0.15) is 0 Å². The van der Waals surface area contributed by atoms with Crippen LogP contribution in [-0.4, -0.2) is 18.3 Å². The molecule has 0 atom stereocenters. The van der Waals surface area contributed by atoms with Gasteiger partial charge in [-0.2, -0.15) is 26.3 Å². The Kier molecular flexibility index (Phi) is 4.88. The maximum Gasteiger partial charge on any atom is 0.409 e. The zero-order valence-electron chi connectivity index (χ0n) is 8.90. The van der Waals surface area contributed by atoms with Crippen molar-refractivity contribution < 1.29 is 31.1 Å². The third-order valence-corrected chi connectivity index (χ3v) is 3.96. The number of hydrogen-bond acceptors (Lipinski definition) is 2. The van der Waals surface area contributed by atoms with Gasteiger partial charge in [0.2, 0.25) is 11.8 Å². The van der Waals surface area contributed by atoms with Gasteiger partial charge in [-0.05, 0) is 27.4 Å². The Hall–Kier alpha value is -0.770. The summed E-state index contributed by atoms with van der Waals surface area (Å²) < 4.78 is 73.9. The van der Waals surface area contributed by atoms with Crippen LogP contribution in [0.5, 0.6) is 0 Å². The molecule has 0 spiro atoms. The number of amides is 1. The van der Waals surface area contributed by atoms with Crippen molar-refractivity contribution in [2.45, 2.75) is 18.9 Å². The number of nitrogens with one attached hydrogen (secondary N) is 1. The van der Waals surface area contributed by atoms with Crippen molar-refractivity contribution in [3.8, 4) is 0 Å². The highest BCUT2D eigenvalue weighted by Gasteiger charge is 2.61. The van der Waals surface area contributed by atoms with Crippen molar-refractivity contribution in [2.24, 2.45) is 5.92 Å². The van der Waals surface area contributed by atoms with E-state index in [1.165, 1.54) is 0 Å². The Bertz CT molecular complexity index is 440. The molecule has 19 heavy (non-hydrogen) atoms.